The molecule has 2 rings (SSSR count). The number of guanidine groups is 1. The van der Waals surface area contributed by atoms with Crippen LogP contribution in [0.5, 0.6) is 0 Å². The van der Waals surface area contributed by atoms with E-state index in [4.69, 9.17) is 0 Å². The Morgan fingerprint density at radius 2 is 2.18 bits per heavy atom. The van der Waals surface area contributed by atoms with Gasteiger partial charge in [-0.1, -0.05) is 0 Å². The first-order valence-corrected chi connectivity index (χ1v) is 8.03. The summed E-state index contributed by atoms with van der Waals surface area (Å²) in [5.74, 6) is 0.862. The molecular weight excluding hydrogens is 296 g/mol. The number of aliphatic imine (C=N–C) groups is 1. The van der Waals surface area contributed by atoms with Crippen molar-refractivity contribution in [3.63, 3.8) is 0 Å². The highest BCUT2D eigenvalue weighted by atomic mass is 32.1. The number of aryl methyl sites for hydroxylation is 1. The topological polar surface area (TPSA) is 48.7 Å². The maximum absolute atomic E-state index is 4.57. The van der Waals surface area contributed by atoms with Crippen molar-refractivity contribution >= 4 is 22.4 Å². The lowest BCUT2D eigenvalue weighted by atomic mass is 10.4. The van der Waals surface area contributed by atoms with E-state index in [0.717, 1.165) is 23.3 Å². The van der Waals surface area contributed by atoms with E-state index in [9.17, 15) is 0 Å². The van der Waals surface area contributed by atoms with Crippen molar-refractivity contribution in [2.24, 2.45) is 12.0 Å². The van der Waals surface area contributed by atoms with Gasteiger partial charge in [-0.25, -0.2) is 4.98 Å². The first-order chi connectivity index (χ1) is 10.5. The van der Waals surface area contributed by atoms with Crippen molar-refractivity contribution < 1.29 is 0 Å². The average molecular weight is 320 g/mol. The number of thiazole rings is 1. The van der Waals surface area contributed by atoms with E-state index < -0.39 is 0 Å². The van der Waals surface area contributed by atoms with Crippen LogP contribution in [0.3, 0.4) is 0 Å². The van der Waals surface area contributed by atoms with Crippen LogP contribution in [0.2, 0.25) is 0 Å². The second-order valence-electron chi connectivity index (χ2n) is 5.38. The molecule has 0 atom stereocenters. The predicted octanol–water partition coefficient (Wildman–Crippen LogP) is 1.75. The first-order valence-electron chi connectivity index (χ1n) is 7.15. The number of rotatable bonds is 5. The van der Waals surface area contributed by atoms with E-state index in [-0.39, 0.29) is 0 Å². The molecule has 0 aromatic carbocycles. The van der Waals surface area contributed by atoms with E-state index in [0.29, 0.717) is 6.54 Å². The smallest absolute Gasteiger partial charge is 0.194 e. The van der Waals surface area contributed by atoms with Crippen LogP contribution in [-0.2, 0) is 20.1 Å². The molecule has 1 N–H and O–H groups in total. The van der Waals surface area contributed by atoms with Gasteiger partial charge in [-0.2, -0.15) is 0 Å². The van der Waals surface area contributed by atoms with Crippen molar-refractivity contribution in [2.45, 2.75) is 13.1 Å². The van der Waals surface area contributed by atoms with Gasteiger partial charge in [0.1, 0.15) is 0 Å². The second kappa shape index (κ2) is 7.31. The standard InChI is InChI=1S/C15H24N6S/c1-16-14(21(5)10-13-7-6-8-20(13)4)17-9-12-11-22-15(18-12)19(2)3/h6-8,11H,9-10H2,1-5H3,(H,16,17). The molecule has 2 aromatic rings. The van der Waals surface area contributed by atoms with Crippen molar-refractivity contribution in [1.82, 2.24) is 19.8 Å². The summed E-state index contributed by atoms with van der Waals surface area (Å²) in [6, 6.07) is 4.17. The molecule has 0 saturated heterocycles. The Kier molecular flexibility index (Phi) is 5.43. The quantitative estimate of drug-likeness (QED) is 0.674. The molecule has 0 spiro atoms. The minimum atomic E-state index is 0.675. The van der Waals surface area contributed by atoms with Crippen LogP contribution in [0.4, 0.5) is 5.13 Å². The van der Waals surface area contributed by atoms with E-state index >= 15 is 0 Å². The Bertz CT molecular complexity index is 628. The van der Waals surface area contributed by atoms with E-state index in [2.05, 4.69) is 55.5 Å². The van der Waals surface area contributed by atoms with Crippen LogP contribution in [0.25, 0.3) is 0 Å². The first kappa shape index (κ1) is 16.4. The third kappa shape index (κ3) is 4.00. The zero-order chi connectivity index (χ0) is 16.1. The Morgan fingerprint density at radius 3 is 2.73 bits per heavy atom. The summed E-state index contributed by atoms with van der Waals surface area (Å²) < 4.78 is 2.12. The fourth-order valence-electron chi connectivity index (χ4n) is 2.12. The number of nitrogens with one attached hydrogen (secondary N) is 1. The van der Waals surface area contributed by atoms with Gasteiger partial charge in [0.15, 0.2) is 11.1 Å². The van der Waals surface area contributed by atoms with Gasteiger partial charge in [0.2, 0.25) is 0 Å². The summed E-state index contributed by atoms with van der Waals surface area (Å²) in [5, 5.41) is 6.46. The normalized spacial score (nSPS) is 11.6. The Morgan fingerprint density at radius 1 is 1.41 bits per heavy atom. The third-order valence-electron chi connectivity index (χ3n) is 3.37. The summed E-state index contributed by atoms with van der Waals surface area (Å²) in [7, 11) is 9.90. The van der Waals surface area contributed by atoms with Gasteiger partial charge in [0, 0.05) is 52.5 Å². The van der Waals surface area contributed by atoms with Gasteiger partial charge in [-0.05, 0) is 12.1 Å². The fraction of sp³-hybridized carbons (Fsp3) is 0.467. The molecule has 0 bridgehead atoms. The van der Waals surface area contributed by atoms with Crippen molar-refractivity contribution in [3.8, 4) is 0 Å². The zero-order valence-electron chi connectivity index (χ0n) is 13.9. The molecule has 0 amide bonds. The van der Waals surface area contributed by atoms with Crippen LogP contribution in [0, 0.1) is 0 Å². The van der Waals surface area contributed by atoms with E-state index in [1.165, 1.54) is 5.69 Å². The van der Waals surface area contributed by atoms with Gasteiger partial charge in [0.25, 0.3) is 0 Å². The Hall–Kier alpha value is -2.02. The molecule has 6 nitrogen and oxygen atoms in total. The van der Waals surface area contributed by atoms with Gasteiger partial charge >= 0.3 is 0 Å². The second-order valence-corrected chi connectivity index (χ2v) is 6.22. The number of nitrogens with zero attached hydrogens (tertiary/aromatic N) is 5. The molecule has 7 heteroatoms. The molecule has 2 aromatic heterocycles. The summed E-state index contributed by atoms with van der Waals surface area (Å²) in [5.41, 5.74) is 2.27. The Labute approximate surface area is 136 Å². The number of hydrogen-bond donors (Lipinski definition) is 1. The highest BCUT2D eigenvalue weighted by Gasteiger charge is 2.09. The fourth-order valence-corrected chi connectivity index (χ4v) is 2.87. The van der Waals surface area contributed by atoms with E-state index in [1.807, 2.05) is 26.0 Å². The SMILES string of the molecule is CN=C(NCc1csc(N(C)C)n1)N(C)Cc1cccn1C. The minimum Gasteiger partial charge on any atom is -0.354 e. The lowest BCUT2D eigenvalue weighted by molar-refractivity contribution is 0.461. The maximum Gasteiger partial charge on any atom is 0.194 e. The largest absolute Gasteiger partial charge is 0.354 e. The summed E-state index contributed by atoms with van der Waals surface area (Å²) in [6.07, 6.45) is 2.05. The molecule has 0 aliphatic rings. The molecule has 0 unspecified atom stereocenters. The van der Waals surface area contributed by atoms with Crippen molar-refractivity contribution in [1.29, 1.82) is 0 Å². The summed E-state index contributed by atoms with van der Waals surface area (Å²) in [4.78, 5) is 13.0. The highest BCUT2D eigenvalue weighted by Crippen LogP contribution is 2.17. The molecule has 0 aliphatic carbocycles. The van der Waals surface area contributed by atoms with Crippen LogP contribution < -0.4 is 10.2 Å². The van der Waals surface area contributed by atoms with Gasteiger partial charge in [0.05, 0.1) is 18.8 Å². The van der Waals surface area contributed by atoms with Crippen LogP contribution in [0.15, 0.2) is 28.7 Å². The molecule has 0 fully saturated rings. The summed E-state index contributed by atoms with van der Waals surface area (Å²) in [6.45, 7) is 1.48. The molecule has 0 aliphatic heterocycles. The predicted molar refractivity (Wildman–Crippen MR) is 93.5 cm³/mol. The Balaban J connectivity index is 1.92. The molecule has 0 radical (unpaired) electrons. The molecule has 22 heavy (non-hydrogen) atoms. The van der Waals surface area contributed by atoms with E-state index in [1.54, 1.807) is 18.4 Å². The van der Waals surface area contributed by atoms with Crippen LogP contribution >= 0.6 is 11.3 Å². The van der Waals surface area contributed by atoms with Crippen LogP contribution in [0.1, 0.15) is 11.4 Å². The van der Waals surface area contributed by atoms with Crippen molar-refractivity contribution in [2.75, 3.05) is 33.1 Å². The third-order valence-corrected chi connectivity index (χ3v) is 4.43. The number of anilines is 1. The number of hydrogen-bond acceptors (Lipinski definition) is 4. The molecular formula is C15H24N6S. The zero-order valence-corrected chi connectivity index (χ0v) is 14.7. The average Bonchev–Trinajstić information content (AvgIpc) is 3.10. The highest BCUT2D eigenvalue weighted by molar-refractivity contribution is 7.13. The van der Waals surface area contributed by atoms with Gasteiger partial charge < -0.3 is 19.7 Å². The minimum absolute atomic E-state index is 0.675. The van der Waals surface area contributed by atoms with Gasteiger partial charge in [-0.15, -0.1) is 11.3 Å². The van der Waals surface area contributed by atoms with Crippen molar-refractivity contribution in [3.05, 3.63) is 35.1 Å². The monoisotopic (exact) mass is 320 g/mol. The number of aromatic nitrogens is 2. The molecule has 2 heterocycles. The molecule has 120 valence electrons. The maximum atomic E-state index is 4.57. The summed E-state index contributed by atoms with van der Waals surface area (Å²) >= 11 is 1.65. The lowest BCUT2D eigenvalue weighted by Gasteiger charge is -2.22. The lowest BCUT2D eigenvalue weighted by Crippen LogP contribution is -2.38. The van der Waals surface area contributed by atoms with Crippen LogP contribution in [-0.4, -0.2) is 48.6 Å². The van der Waals surface area contributed by atoms with Gasteiger partial charge in [-0.3, -0.25) is 4.99 Å². The molecule has 0 saturated carbocycles.